The Hall–Kier alpha value is -1.67. The zero-order valence-corrected chi connectivity index (χ0v) is 14.2. The largest absolute Gasteiger partial charge is 0.353 e. The summed E-state index contributed by atoms with van der Waals surface area (Å²) in [7, 11) is 0. The minimum atomic E-state index is -0.310. The summed E-state index contributed by atoms with van der Waals surface area (Å²) in [4.78, 5) is 11.9. The number of amides is 1. The van der Waals surface area contributed by atoms with Gasteiger partial charge in [-0.1, -0.05) is 29.2 Å². The molecule has 1 aromatic heterocycles. The first-order valence-electron chi connectivity index (χ1n) is 7.38. The van der Waals surface area contributed by atoms with Crippen LogP contribution in [0.5, 0.6) is 0 Å². The van der Waals surface area contributed by atoms with E-state index in [4.69, 9.17) is 0 Å². The second-order valence-electron chi connectivity index (χ2n) is 5.49. The fraction of sp³-hybridized carbons (Fsp3) is 0.400. The predicted octanol–water partition coefficient (Wildman–Crippen LogP) is 3.43. The molecule has 0 spiro atoms. The number of carbonyl (C=O) groups excluding carboxylic acids is 1. The van der Waals surface area contributed by atoms with Crippen LogP contribution in [0.15, 0.2) is 28.6 Å². The second-order valence-corrected chi connectivity index (χ2v) is 7.69. The minimum Gasteiger partial charge on any atom is -0.353 e. The highest BCUT2D eigenvalue weighted by Crippen LogP contribution is 2.32. The van der Waals surface area contributed by atoms with Crippen LogP contribution in [-0.4, -0.2) is 27.9 Å². The summed E-state index contributed by atoms with van der Waals surface area (Å²) in [6, 6.07) is 6.40. The highest BCUT2D eigenvalue weighted by atomic mass is 32.2. The van der Waals surface area contributed by atoms with E-state index in [1.165, 1.54) is 48.1 Å². The van der Waals surface area contributed by atoms with Crippen molar-refractivity contribution in [1.82, 2.24) is 15.5 Å². The molecule has 1 amide bonds. The molecule has 2 aromatic rings. The summed E-state index contributed by atoms with van der Waals surface area (Å²) in [5.41, 5.74) is 0.619. The van der Waals surface area contributed by atoms with Gasteiger partial charge >= 0.3 is 0 Å². The molecule has 0 bridgehead atoms. The molecule has 1 fully saturated rings. The van der Waals surface area contributed by atoms with E-state index in [2.05, 4.69) is 20.8 Å². The number of thioether (sulfide) groups is 1. The molecule has 1 atom stereocenters. The first-order valence-corrected chi connectivity index (χ1v) is 9.18. The molecule has 3 rings (SSSR count). The van der Waals surface area contributed by atoms with Crippen molar-refractivity contribution in [2.75, 3.05) is 11.1 Å². The van der Waals surface area contributed by atoms with E-state index in [1.54, 1.807) is 12.1 Å². The summed E-state index contributed by atoms with van der Waals surface area (Å²) in [6.45, 7) is 2.05. The first-order chi connectivity index (χ1) is 11.1. The Bertz CT molecular complexity index is 690. The maximum absolute atomic E-state index is 13.1. The second kappa shape index (κ2) is 7.27. The smallest absolute Gasteiger partial charge is 0.230 e. The predicted molar refractivity (Wildman–Crippen MR) is 90.6 cm³/mol. The Labute approximate surface area is 142 Å². The van der Waals surface area contributed by atoms with Crippen LogP contribution in [-0.2, 0) is 4.79 Å². The van der Waals surface area contributed by atoms with E-state index < -0.39 is 0 Å². The van der Waals surface area contributed by atoms with Crippen LogP contribution in [0.25, 0.3) is 0 Å². The lowest BCUT2D eigenvalue weighted by atomic mass is 10.2. The number of benzene rings is 1. The average molecular weight is 352 g/mol. The highest BCUT2D eigenvalue weighted by molar-refractivity contribution is 8.01. The van der Waals surface area contributed by atoms with Gasteiger partial charge in [0.05, 0.1) is 5.75 Å². The van der Waals surface area contributed by atoms with Gasteiger partial charge in [-0.15, -0.1) is 10.2 Å². The molecule has 5 nitrogen and oxygen atoms in total. The standard InChI is InChI=1S/C15H17FN4OS2/c1-9(10-5-6-10)17-13(21)8-22-15-20-19-14(23-15)18-12-4-2-3-11(16)7-12/h2-4,7,9-10H,5-6,8H2,1H3,(H,17,21)(H,18,19). The molecule has 1 unspecified atom stereocenters. The molecule has 122 valence electrons. The van der Waals surface area contributed by atoms with E-state index in [-0.39, 0.29) is 17.8 Å². The maximum Gasteiger partial charge on any atom is 0.230 e. The molecule has 1 aliphatic carbocycles. The van der Waals surface area contributed by atoms with Gasteiger partial charge in [0.25, 0.3) is 0 Å². The number of hydrogen-bond acceptors (Lipinski definition) is 6. The first kappa shape index (κ1) is 16.2. The van der Waals surface area contributed by atoms with Crippen LogP contribution in [0.2, 0.25) is 0 Å². The van der Waals surface area contributed by atoms with Crippen molar-refractivity contribution in [2.24, 2.45) is 5.92 Å². The van der Waals surface area contributed by atoms with E-state index in [0.717, 1.165) is 0 Å². The van der Waals surface area contributed by atoms with Crippen molar-refractivity contribution in [3.8, 4) is 0 Å². The molecule has 1 saturated carbocycles. The SMILES string of the molecule is CC(NC(=O)CSc1nnc(Nc2cccc(F)c2)s1)C1CC1. The van der Waals surface area contributed by atoms with Crippen molar-refractivity contribution in [3.05, 3.63) is 30.1 Å². The summed E-state index contributed by atoms with van der Waals surface area (Å²) in [5.74, 6) is 0.679. The lowest BCUT2D eigenvalue weighted by molar-refractivity contribution is -0.119. The third kappa shape index (κ3) is 4.90. The Morgan fingerprint density at radius 3 is 3.04 bits per heavy atom. The number of rotatable bonds is 7. The fourth-order valence-corrected chi connectivity index (χ4v) is 3.73. The molecular formula is C15H17FN4OS2. The van der Waals surface area contributed by atoms with Gasteiger partial charge in [-0.3, -0.25) is 4.79 Å². The third-order valence-corrected chi connectivity index (χ3v) is 5.50. The van der Waals surface area contributed by atoms with E-state index in [9.17, 15) is 9.18 Å². The summed E-state index contributed by atoms with van der Waals surface area (Å²) >= 11 is 2.70. The van der Waals surface area contributed by atoms with Gasteiger partial charge in [0.15, 0.2) is 4.34 Å². The molecule has 2 N–H and O–H groups in total. The number of nitrogens with one attached hydrogen (secondary N) is 2. The topological polar surface area (TPSA) is 66.9 Å². The van der Waals surface area contributed by atoms with Crippen molar-refractivity contribution >= 4 is 39.8 Å². The molecule has 23 heavy (non-hydrogen) atoms. The quantitative estimate of drug-likeness (QED) is 0.747. The van der Waals surface area contributed by atoms with E-state index >= 15 is 0 Å². The lowest BCUT2D eigenvalue weighted by Gasteiger charge is -2.11. The molecule has 0 aliphatic heterocycles. The lowest BCUT2D eigenvalue weighted by Crippen LogP contribution is -2.35. The normalized spacial score (nSPS) is 15.2. The van der Waals surface area contributed by atoms with Gasteiger partial charge in [0.2, 0.25) is 11.0 Å². The van der Waals surface area contributed by atoms with Crippen LogP contribution in [0.4, 0.5) is 15.2 Å². The van der Waals surface area contributed by atoms with Crippen LogP contribution in [0.3, 0.4) is 0 Å². The summed E-state index contributed by atoms with van der Waals surface area (Å²) in [5, 5.41) is 14.6. The van der Waals surface area contributed by atoms with Gasteiger partial charge in [-0.2, -0.15) is 0 Å². The molecule has 1 aliphatic rings. The number of aromatic nitrogens is 2. The van der Waals surface area contributed by atoms with Gasteiger partial charge in [0.1, 0.15) is 5.82 Å². The van der Waals surface area contributed by atoms with Crippen LogP contribution in [0, 0.1) is 11.7 Å². The van der Waals surface area contributed by atoms with Gasteiger partial charge < -0.3 is 10.6 Å². The number of anilines is 2. The van der Waals surface area contributed by atoms with Crippen molar-refractivity contribution in [1.29, 1.82) is 0 Å². The number of hydrogen-bond donors (Lipinski definition) is 2. The summed E-state index contributed by atoms with van der Waals surface area (Å²) in [6.07, 6.45) is 2.42. The van der Waals surface area contributed by atoms with Crippen molar-refractivity contribution < 1.29 is 9.18 Å². The Morgan fingerprint density at radius 1 is 1.48 bits per heavy atom. The maximum atomic E-state index is 13.1. The number of halogens is 1. The minimum absolute atomic E-state index is 0.0178. The zero-order chi connectivity index (χ0) is 16.2. The average Bonchev–Trinajstić information content (AvgIpc) is 3.27. The van der Waals surface area contributed by atoms with Gasteiger partial charge in [-0.25, -0.2) is 4.39 Å². The number of nitrogens with zero attached hydrogens (tertiary/aromatic N) is 2. The van der Waals surface area contributed by atoms with Crippen LogP contribution < -0.4 is 10.6 Å². The van der Waals surface area contributed by atoms with E-state index in [0.29, 0.717) is 26.8 Å². The molecule has 0 saturated heterocycles. The highest BCUT2D eigenvalue weighted by Gasteiger charge is 2.28. The zero-order valence-electron chi connectivity index (χ0n) is 12.6. The van der Waals surface area contributed by atoms with Crippen LogP contribution >= 0.6 is 23.1 Å². The number of carbonyl (C=O) groups is 1. The molecule has 8 heteroatoms. The van der Waals surface area contributed by atoms with Crippen molar-refractivity contribution in [2.45, 2.75) is 30.1 Å². The van der Waals surface area contributed by atoms with Crippen molar-refractivity contribution in [3.63, 3.8) is 0 Å². The van der Waals surface area contributed by atoms with E-state index in [1.807, 2.05) is 6.92 Å². The fourth-order valence-electron chi connectivity index (χ4n) is 2.15. The van der Waals surface area contributed by atoms with Gasteiger partial charge in [0, 0.05) is 11.7 Å². The Balaban J connectivity index is 1.48. The Kier molecular flexibility index (Phi) is 5.12. The third-order valence-electron chi connectivity index (χ3n) is 3.53. The van der Waals surface area contributed by atoms with Crippen LogP contribution in [0.1, 0.15) is 19.8 Å². The molecule has 0 radical (unpaired) electrons. The molecule has 1 heterocycles. The molecule has 1 aromatic carbocycles. The summed E-state index contributed by atoms with van der Waals surface area (Å²) < 4.78 is 13.8. The Morgan fingerprint density at radius 2 is 2.30 bits per heavy atom. The molecular weight excluding hydrogens is 335 g/mol. The van der Waals surface area contributed by atoms with Gasteiger partial charge in [-0.05, 0) is 43.9 Å². The monoisotopic (exact) mass is 352 g/mol.